The topological polar surface area (TPSA) is 70.6 Å². The highest BCUT2D eigenvalue weighted by molar-refractivity contribution is 5.79. The summed E-state index contributed by atoms with van der Waals surface area (Å²) in [6, 6.07) is 8.13. The van der Waals surface area contributed by atoms with Crippen molar-refractivity contribution in [1.82, 2.24) is 14.9 Å². The van der Waals surface area contributed by atoms with Crippen LogP contribution in [0.3, 0.4) is 0 Å². The van der Waals surface area contributed by atoms with Gasteiger partial charge in [-0.3, -0.25) is 4.79 Å². The molecule has 31 heavy (non-hydrogen) atoms. The predicted octanol–water partition coefficient (Wildman–Crippen LogP) is 3.53. The number of hydrogen-bond donors (Lipinski definition) is 1. The second kappa shape index (κ2) is 11.0. The molecule has 7 nitrogen and oxygen atoms in total. The van der Waals surface area contributed by atoms with Crippen molar-refractivity contribution >= 4 is 17.7 Å². The van der Waals surface area contributed by atoms with E-state index >= 15 is 0 Å². The molecular formula is C24H35N5O2. The van der Waals surface area contributed by atoms with Gasteiger partial charge in [0.15, 0.2) is 0 Å². The summed E-state index contributed by atoms with van der Waals surface area (Å²) in [5.41, 5.74) is 2.26. The molecule has 0 saturated carbocycles. The third-order valence-electron chi connectivity index (χ3n) is 5.95. The zero-order valence-corrected chi connectivity index (χ0v) is 19.2. The standard InChI is InChI=1S/C24H35N5O2/c1-5-28(6-2)23(30)20-8-7-15-29(17-20)24-26-16-18(3)22(27-24)25-14-13-19-9-11-21(31-4)12-10-19/h9-12,16,20H,5-8,13-15,17H2,1-4H3,(H,25,26,27). The first-order valence-electron chi connectivity index (χ1n) is 11.3. The number of rotatable bonds is 9. The zero-order valence-electron chi connectivity index (χ0n) is 19.2. The number of carbonyl (C=O) groups is 1. The number of carbonyl (C=O) groups excluding carboxylic acids is 1. The largest absolute Gasteiger partial charge is 0.497 e. The highest BCUT2D eigenvalue weighted by Gasteiger charge is 2.29. The maximum atomic E-state index is 12.8. The van der Waals surface area contributed by atoms with Gasteiger partial charge in [0.1, 0.15) is 11.6 Å². The summed E-state index contributed by atoms with van der Waals surface area (Å²) in [7, 11) is 1.68. The number of ether oxygens (including phenoxy) is 1. The van der Waals surface area contributed by atoms with Crippen LogP contribution in [0.15, 0.2) is 30.5 Å². The maximum Gasteiger partial charge on any atom is 0.227 e. The molecule has 1 atom stereocenters. The summed E-state index contributed by atoms with van der Waals surface area (Å²) in [4.78, 5) is 26.3. The molecule has 1 aliphatic heterocycles. The Hall–Kier alpha value is -2.83. The van der Waals surface area contributed by atoms with Crippen molar-refractivity contribution in [2.75, 3.05) is 50.1 Å². The molecule has 1 aliphatic rings. The third-order valence-corrected chi connectivity index (χ3v) is 5.95. The van der Waals surface area contributed by atoms with Gasteiger partial charge in [-0.25, -0.2) is 4.98 Å². The quantitative estimate of drug-likeness (QED) is 0.663. The van der Waals surface area contributed by atoms with Crippen molar-refractivity contribution in [1.29, 1.82) is 0 Å². The van der Waals surface area contributed by atoms with Crippen LogP contribution < -0.4 is 15.0 Å². The fourth-order valence-electron chi connectivity index (χ4n) is 4.04. The molecule has 0 spiro atoms. The van der Waals surface area contributed by atoms with Crippen LogP contribution in [0.25, 0.3) is 0 Å². The average Bonchev–Trinajstić information content (AvgIpc) is 2.81. The Labute approximate surface area is 185 Å². The van der Waals surface area contributed by atoms with Crippen LogP contribution in [0.1, 0.15) is 37.8 Å². The van der Waals surface area contributed by atoms with Gasteiger partial charge in [0.2, 0.25) is 11.9 Å². The molecule has 2 heterocycles. The van der Waals surface area contributed by atoms with Gasteiger partial charge in [0, 0.05) is 44.5 Å². The molecule has 1 saturated heterocycles. The Kier molecular flexibility index (Phi) is 8.09. The summed E-state index contributed by atoms with van der Waals surface area (Å²) < 4.78 is 5.22. The number of aryl methyl sites for hydroxylation is 1. The first-order valence-corrected chi connectivity index (χ1v) is 11.3. The van der Waals surface area contributed by atoms with E-state index in [-0.39, 0.29) is 11.8 Å². The van der Waals surface area contributed by atoms with Gasteiger partial charge in [-0.1, -0.05) is 12.1 Å². The van der Waals surface area contributed by atoms with Gasteiger partial charge in [-0.2, -0.15) is 4.98 Å². The van der Waals surface area contributed by atoms with Gasteiger partial charge in [-0.05, 0) is 57.7 Å². The normalized spacial score (nSPS) is 16.1. The van der Waals surface area contributed by atoms with E-state index in [1.165, 1.54) is 5.56 Å². The molecule has 7 heteroatoms. The Bertz CT molecular complexity index is 852. The molecule has 0 bridgehead atoms. The molecule has 1 aromatic heterocycles. The van der Waals surface area contributed by atoms with Crippen LogP contribution in [0.4, 0.5) is 11.8 Å². The molecule has 1 aromatic carbocycles. The van der Waals surface area contributed by atoms with Crippen LogP contribution in [-0.2, 0) is 11.2 Å². The number of amides is 1. The van der Waals surface area contributed by atoms with Crippen LogP contribution in [0.5, 0.6) is 5.75 Å². The predicted molar refractivity (Wildman–Crippen MR) is 125 cm³/mol. The fourth-order valence-corrected chi connectivity index (χ4v) is 4.04. The molecule has 1 unspecified atom stereocenters. The summed E-state index contributed by atoms with van der Waals surface area (Å²) >= 11 is 0. The summed E-state index contributed by atoms with van der Waals surface area (Å²) in [6.45, 7) is 9.96. The molecule has 0 aliphatic carbocycles. The number of nitrogens with one attached hydrogen (secondary N) is 1. The molecule has 1 amide bonds. The minimum atomic E-state index is 0.0186. The van der Waals surface area contributed by atoms with Gasteiger partial charge in [0.05, 0.1) is 13.0 Å². The molecule has 2 aromatic rings. The fraction of sp³-hybridized carbons (Fsp3) is 0.542. The van der Waals surface area contributed by atoms with Gasteiger partial charge >= 0.3 is 0 Å². The van der Waals surface area contributed by atoms with Crippen molar-refractivity contribution < 1.29 is 9.53 Å². The molecule has 3 rings (SSSR count). The van der Waals surface area contributed by atoms with E-state index in [9.17, 15) is 4.79 Å². The van der Waals surface area contributed by atoms with Crippen LogP contribution in [0.2, 0.25) is 0 Å². The number of piperidine rings is 1. The molecular weight excluding hydrogens is 390 g/mol. The lowest BCUT2D eigenvalue weighted by atomic mass is 9.96. The van der Waals surface area contributed by atoms with Crippen molar-refractivity contribution in [2.24, 2.45) is 5.92 Å². The molecule has 1 N–H and O–H groups in total. The minimum absolute atomic E-state index is 0.0186. The highest BCUT2D eigenvalue weighted by Crippen LogP contribution is 2.24. The minimum Gasteiger partial charge on any atom is -0.497 e. The van der Waals surface area contributed by atoms with Crippen molar-refractivity contribution in [3.05, 3.63) is 41.6 Å². The number of anilines is 2. The molecule has 168 valence electrons. The molecule has 1 fully saturated rings. The number of benzene rings is 1. The van der Waals surface area contributed by atoms with E-state index < -0.39 is 0 Å². The van der Waals surface area contributed by atoms with E-state index in [0.717, 1.165) is 62.6 Å². The Morgan fingerprint density at radius 1 is 1.26 bits per heavy atom. The van der Waals surface area contributed by atoms with Crippen LogP contribution >= 0.6 is 0 Å². The second-order valence-electron chi connectivity index (χ2n) is 8.02. The molecule has 0 radical (unpaired) electrons. The van der Waals surface area contributed by atoms with Gasteiger partial charge < -0.3 is 19.9 Å². The van der Waals surface area contributed by atoms with Crippen molar-refractivity contribution in [3.63, 3.8) is 0 Å². The number of methoxy groups -OCH3 is 1. The SMILES string of the molecule is CCN(CC)C(=O)C1CCCN(c2ncc(C)c(NCCc3ccc(OC)cc3)n2)C1. The summed E-state index contributed by atoms with van der Waals surface area (Å²) in [5.74, 6) is 2.70. The Morgan fingerprint density at radius 3 is 2.68 bits per heavy atom. The monoisotopic (exact) mass is 425 g/mol. The van der Waals surface area contributed by atoms with E-state index in [2.05, 4.69) is 27.3 Å². The smallest absolute Gasteiger partial charge is 0.227 e. The first-order chi connectivity index (χ1) is 15.0. The first kappa shape index (κ1) is 22.8. The zero-order chi connectivity index (χ0) is 22.2. The van der Waals surface area contributed by atoms with E-state index in [1.54, 1.807) is 7.11 Å². The van der Waals surface area contributed by atoms with E-state index in [0.29, 0.717) is 12.5 Å². The van der Waals surface area contributed by atoms with Crippen LogP contribution in [-0.4, -0.2) is 60.6 Å². The van der Waals surface area contributed by atoms with Gasteiger partial charge in [-0.15, -0.1) is 0 Å². The van der Waals surface area contributed by atoms with Crippen LogP contribution in [0, 0.1) is 12.8 Å². The lowest BCUT2D eigenvalue weighted by molar-refractivity contribution is -0.135. The lowest BCUT2D eigenvalue weighted by Gasteiger charge is -2.34. The number of nitrogens with zero attached hydrogens (tertiary/aromatic N) is 4. The Balaban J connectivity index is 1.62. The lowest BCUT2D eigenvalue weighted by Crippen LogP contribution is -2.45. The number of aromatic nitrogens is 2. The van der Waals surface area contributed by atoms with E-state index in [4.69, 9.17) is 9.72 Å². The third kappa shape index (κ3) is 5.87. The summed E-state index contributed by atoms with van der Waals surface area (Å²) in [5, 5.41) is 3.46. The van der Waals surface area contributed by atoms with E-state index in [1.807, 2.05) is 44.0 Å². The number of hydrogen-bond acceptors (Lipinski definition) is 6. The average molecular weight is 426 g/mol. The van der Waals surface area contributed by atoms with Gasteiger partial charge in [0.25, 0.3) is 0 Å². The highest BCUT2D eigenvalue weighted by atomic mass is 16.5. The van der Waals surface area contributed by atoms with Crippen molar-refractivity contribution in [2.45, 2.75) is 40.0 Å². The Morgan fingerprint density at radius 2 is 2.00 bits per heavy atom. The van der Waals surface area contributed by atoms with Crippen molar-refractivity contribution in [3.8, 4) is 5.75 Å². The maximum absolute atomic E-state index is 12.8. The summed E-state index contributed by atoms with van der Waals surface area (Å²) in [6.07, 6.45) is 4.68. The second-order valence-corrected chi connectivity index (χ2v) is 8.02.